The van der Waals surface area contributed by atoms with Crippen LogP contribution in [0.5, 0.6) is 0 Å². The predicted molar refractivity (Wildman–Crippen MR) is 84.0 cm³/mol. The van der Waals surface area contributed by atoms with Gasteiger partial charge in [0.2, 0.25) is 0 Å². The zero-order valence-corrected chi connectivity index (χ0v) is 13.6. The standard InChI is InChI=1S/C17H18FN3O3/c1-3-24-17(23)15-12-10-21(9-8-14(12)19-20(15)2)16(22)11-6-4-5-7-13(11)18/h4-7H,3,8-10H2,1-2H3. The highest BCUT2D eigenvalue weighted by Gasteiger charge is 2.30. The van der Waals surface area contributed by atoms with E-state index in [1.54, 1.807) is 26.1 Å². The average Bonchev–Trinajstić information content (AvgIpc) is 2.89. The highest BCUT2D eigenvalue weighted by Crippen LogP contribution is 2.24. The molecule has 1 aromatic carbocycles. The molecular weight excluding hydrogens is 313 g/mol. The molecule has 0 N–H and O–H groups in total. The summed E-state index contributed by atoms with van der Waals surface area (Å²) in [5.41, 5.74) is 1.82. The molecule has 1 aliphatic rings. The molecule has 0 fully saturated rings. The summed E-state index contributed by atoms with van der Waals surface area (Å²) in [6, 6.07) is 5.89. The Morgan fingerprint density at radius 2 is 2.08 bits per heavy atom. The molecule has 6 nitrogen and oxygen atoms in total. The first-order valence-corrected chi connectivity index (χ1v) is 7.78. The Kier molecular flexibility index (Phi) is 4.33. The number of aryl methyl sites for hydroxylation is 1. The molecule has 0 atom stereocenters. The summed E-state index contributed by atoms with van der Waals surface area (Å²) >= 11 is 0. The Hall–Kier alpha value is -2.70. The van der Waals surface area contributed by atoms with Crippen LogP contribution < -0.4 is 0 Å². The van der Waals surface area contributed by atoms with Crippen molar-refractivity contribution in [3.8, 4) is 0 Å². The van der Waals surface area contributed by atoms with Crippen molar-refractivity contribution in [2.45, 2.75) is 19.9 Å². The maximum atomic E-state index is 13.9. The van der Waals surface area contributed by atoms with E-state index in [1.165, 1.54) is 21.7 Å². The van der Waals surface area contributed by atoms with Gasteiger partial charge in [-0.15, -0.1) is 0 Å². The lowest BCUT2D eigenvalue weighted by molar-refractivity contribution is 0.0508. The molecule has 2 heterocycles. The summed E-state index contributed by atoms with van der Waals surface area (Å²) in [6.45, 7) is 2.63. The van der Waals surface area contributed by atoms with Crippen molar-refractivity contribution in [2.75, 3.05) is 13.2 Å². The quantitative estimate of drug-likeness (QED) is 0.806. The fourth-order valence-corrected chi connectivity index (χ4v) is 2.93. The van der Waals surface area contributed by atoms with Crippen molar-refractivity contribution in [3.05, 3.63) is 52.6 Å². The van der Waals surface area contributed by atoms with Gasteiger partial charge in [0.05, 0.1) is 24.4 Å². The van der Waals surface area contributed by atoms with Gasteiger partial charge in [0.15, 0.2) is 5.69 Å². The van der Waals surface area contributed by atoms with Crippen LogP contribution >= 0.6 is 0 Å². The van der Waals surface area contributed by atoms with Gasteiger partial charge in [-0.05, 0) is 19.1 Å². The summed E-state index contributed by atoms with van der Waals surface area (Å²) in [6.07, 6.45) is 0.517. The number of amides is 1. The smallest absolute Gasteiger partial charge is 0.356 e. The number of carbonyl (C=O) groups excluding carboxylic acids is 2. The highest BCUT2D eigenvalue weighted by atomic mass is 19.1. The van der Waals surface area contributed by atoms with Crippen LogP contribution in [0, 0.1) is 5.82 Å². The molecule has 0 saturated heterocycles. The lowest BCUT2D eigenvalue weighted by Gasteiger charge is -2.27. The molecule has 2 aromatic rings. The summed E-state index contributed by atoms with van der Waals surface area (Å²) < 4.78 is 20.4. The second kappa shape index (κ2) is 6.43. The van der Waals surface area contributed by atoms with Crippen molar-refractivity contribution in [1.29, 1.82) is 0 Å². The maximum absolute atomic E-state index is 13.9. The fourth-order valence-electron chi connectivity index (χ4n) is 2.93. The fraction of sp³-hybridized carbons (Fsp3) is 0.353. The number of carbonyl (C=O) groups is 2. The van der Waals surface area contributed by atoms with Crippen LogP contribution in [-0.2, 0) is 24.8 Å². The normalized spacial score (nSPS) is 13.5. The number of fused-ring (bicyclic) bond motifs is 1. The summed E-state index contributed by atoms with van der Waals surface area (Å²) in [7, 11) is 1.67. The average molecular weight is 331 g/mol. The van der Waals surface area contributed by atoms with Crippen LogP contribution in [-0.4, -0.2) is 39.7 Å². The van der Waals surface area contributed by atoms with Gasteiger partial charge in [0.1, 0.15) is 5.82 Å². The van der Waals surface area contributed by atoms with Gasteiger partial charge < -0.3 is 9.64 Å². The molecule has 3 rings (SSSR count). The minimum atomic E-state index is -0.551. The molecule has 0 radical (unpaired) electrons. The van der Waals surface area contributed by atoms with Crippen LogP contribution in [0.15, 0.2) is 24.3 Å². The SMILES string of the molecule is CCOC(=O)c1c2c(nn1C)CCN(C(=O)c1ccccc1F)C2. The van der Waals surface area contributed by atoms with Gasteiger partial charge >= 0.3 is 5.97 Å². The number of aromatic nitrogens is 2. The van der Waals surface area contributed by atoms with E-state index in [1.807, 2.05) is 0 Å². The number of hydrogen-bond acceptors (Lipinski definition) is 4. The third-order valence-corrected chi connectivity index (χ3v) is 4.06. The van der Waals surface area contributed by atoms with Gasteiger partial charge in [-0.2, -0.15) is 5.10 Å². The van der Waals surface area contributed by atoms with Gasteiger partial charge in [-0.25, -0.2) is 9.18 Å². The number of halogens is 1. The second-order valence-electron chi connectivity index (χ2n) is 5.57. The first-order valence-electron chi connectivity index (χ1n) is 7.78. The Labute approximate surface area is 138 Å². The lowest BCUT2D eigenvalue weighted by atomic mass is 10.0. The topological polar surface area (TPSA) is 64.4 Å². The Morgan fingerprint density at radius 1 is 1.33 bits per heavy atom. The van der Waals surface area contributed by atoms with E-state index in [0.29, 0.717) is 24.2 Å². The summed E-state index contributed by atoms with van der Waals surface area (Å²) in [4.78, 5) is 26.3. The molecule has 126 valence electrons. The van der Waals surface area contributed by atoms with Gasteiger partial charge in [-0.1, -0.05) is 12.1 Å². The molecule has 7 heteroatoms. The lowest BCUT2D eigenvalue weighted by Crippen LogP contribution is -2.36. The second-order valence-corrected chi connectivity index (χ2v) is 5.57. The minimum absolute atomic E-state index is 0.0301. The van der Waals surface area contributed by atoms with Crippen molar-refractivity contribution >= 4 is 11.9 Å². The number of ether oxygens (including phenoxy) is 1. The summed E-state index contributed by atoms with van der Waals surface area (Å²) in [5.74, 6) is -1.41. The molecule has 0 spiro atoms. The molecule has 1 aliphatic heterocycles. The maximum Gasteiger partial charge on any atom is 0.356 e. The van der Waals surface area contributed by atoms with E-state index >= 15 is 0 Å². The summed E-state index contributed by atoms with van der Waals surface area (Å²) in [5, 5.41) is 4.34. The number of rotatable bonds is 3. The number of nitrogens with zero attached hydrogens (tertiary/aromatic N) is 3. The van der Waals surface area contributed by atoms with Gasteiger partial charge in [0, 0.05) is 25.6 Å². The molecule has 1 aromatic heterocycles. The number of esters is 1. The Balaban J connectivity index is 1.90. The molecule has 1 amide bonds. The van der Waals surface area contributed by atoms with Crippen LogP contribution in [0.4, 0.5) is 4.39 Å². The van der Waals surface area contributed by atoms with Crippen molar-refractivity contribution < 1.29 is 18.7 Å². The monoisotopic (exact) mass is 331 g/mol. The third-order valence-electron chi connectivity index (χ3n) is 4.06. The minimum Gasteiger partial charge on any atom is -0.461 e. The van der Waals surface area contributed by atoms with E-state index < -0.39 is 17.7 Å². The van der Waals surface area contributed by atoms with Gasteiger partial charge in [-0.3, -0.25) is 9.48 Å². The zero-order chi connectivity index (χ0) is 17.3. The predicted octanol–water partition coefficient (Wildman–Crippen LogP) is 1.93. The van der Waals surface area contributed by atoms with E-state index in [2.05, 4.69) is 5.10 Å². The number of benzene rings is 1. The van der Waals surface area contributed by atoms with E-state index in [9.17, 15) is 14.0 Å². The third kappa shape index (κ3) is 2.77. The van der Waals surface area contributed by atoms with Gasteiger partial charge in [0.25, 0.3) is 5.91 Å². The Bertz CT molecular complexity index is 800. The zero-order valence-electron chi connectivity index (χ0n) is 13.6. The van der Waals surface area contributed by atoms with Crippen molar-refractivity contribution in [2.24, 2.45) is 7.05 Å². The molecule has 0 saturated carbocycles. The first kappa shape index (κ1) is 16.2. The van der Waals surface area contributed by atoms with E-state index in [-0.39, 0.29) is 18.7 Å². The first-order chi connectivity index (χ1) is 11.5. The van der Waals surface area contributed by atoms with Crippen molar-refractivity contribution in [3.63, 3.8) is 0 Å². The van der Waals surface area contributed by atoms with Crippen LogP contribution in [0.3, 0.4) is 0 Å². The van der Waals surface area contributed by atoms with Crippen LogP contribution in [0.2, 0.25) is 0 Å². The molecule has 0 unspecified atom stereocenters. The van der Waals surface area contributed by atoms with E-state index in [4.69, 9.17) is 4.74 Å². The Morgan fingerprint density at radius 3 is 2.79 bits per heavy atom. The highest BCUT2D eigenvalue weighted by molar-refractivity contribution is 5.95. The van der Waals surface area contributed by atoms with Crippen LogP contribution in [0.25, 0.3) is 0 Å². The van der Waals surface area contributed by atoms with Crippen LogP contribution in [0.1, 0.15) is 39.0 Å². The molecular formula is C17H18FN3O3. The molecule has 0 bridgehead atoms. The molecule has 0 aliphatic carbocycles. The van der Waals surface area contributed by atoms with E-state index in [0.717, 1.165) is 5.69 Å². The number of hydrogen-bond donors (Lipinski definition) is 0. The largest absolute Gasteiger partial charge is 0.461 e. The van der Waals surface area contributed by atoms with Crippen molar-refractivity contribution in [1.82, 2.24) is 14.7 Å². The molecule has 24 heavy (non-hydrogen) atoms.